The second kappa shape index (κ2) is 7.64. The molecule has 1 amide bonds. The molecule has 1 aliphatic heterocycles. The quantitative estimate of drug-likeness (QED) is 0.792. The van der Waals surface area contributed by atoms with Crippen LogP contribution in [0.4, 0.5) is 0 Å². The molecule has 1 aromatic heterocycles. The first-order chi connectivity index (χ1) is 12.4. The van der Waals surface area contributed by atoms with E-state index in [1.165, 1.54) is 13.3 Å². The number of amides is 1. The SMILES string of the molecule is COc1ccc(C(=O)N2CC(C(C)=O)C(c3ccc(Cl)c(Cl)c3)C2)cn1. The lowest BCUT2D eigenvalue weighted by atomic mass is 9.87. The molecule has 3 rings (SSSR count). The molecule has 0 N–H and O–H groups in total. The number of Topliss-reactive ketones (excluding diaryl/α,β-unsaturated/α-hetero) is 1. The maximum Gasteiger partial charge on any atom is 0.255 e. The third-order valence-corrected chi connectivity index (χ3v) is 5.43. The van der Waals surface area contributed by atoms with Gasteiger partial charge in [0.15, 0.2) is 0 Å². The van der Waals surface area contributed by atoms with Crippen LogP contribution < -0.4 is 4.74 Å². The van der Waals surface area contributed by atoms with E-state index in [9.17, 15) is 9.59 Å². The normalized spacial score (nSPS) is 19.5. The molecule has 7 heteroatoms. The number of methoxy groups -OCH3 is 1. The number of ether oxygens (including phenoxy) is 1. The van der Waals surface area contributed by atoms with Crippen molar-refractivity contribution in [3.05, 3.63) is 57.7 Å². The van der Waals surface area contributed by atoms with Crippen molar-refractivity contribution >= 4 is 34.9 Å². The summed E-state index contributed by atoms with van der Waals surface area (Å²) in [6.45, 7) is 2.36. The van der Waals surface area contributed by atoms with Gasteiger partial charge in [-0.15, -0.1) is 0 Å². The van der Waals surface area contributed by atoms with Crippen molar-refractivity contribution in [2.75, 3.05) is 20.2 Å². The Morgan fingerprint density at radius 3 is 2.50 bits per heavy atom. The van der Waals surface area contributed by atoms with Crippen LogP contribution in [0, 0.1) is 5.92 Å². The number of hydrogen-bond donors (Lipinski definition) is 0. The maximum absolute atomic E-state index is 12.8. The van der Waals surface area contributed by atoms with Crippen LogP contribution in [0.5, 0.6) is 5.88 Å². The molecule has 0 saturated carbocycles. The highest BCUT2D eigenvalue weighted by Gasteiger charge is 2.39. The Labute approximate surface area is 161 Å². The summed E-state index contributed by atoms with van der Waals surface area (Å²) in [7, 11) is 1.52. The minimum Gasteiger partial charge on any atom is -0.481 e. The second-order valence-corrected chi connectivity index (χ2v) is 7.11. The molecule has 2 unspecified atom stereocenters. The van der Waals surface area contributed by atoms with Crippen LogP contribution in [0.1, 0.15) is 28.8 Å². The van der Waals surface area contributed by atoms with Gasteiger partial charge in [-0.3, -0.25) is 9.59 Å². The van der Waals surface area contributed by atoms with E-state index < -0.39 is 0 Å². The number of likely N-dealkylation sites (tertiary alicyclic amines) is 1. The number of aromatic nitrogens is 1. The van der Waals surface area contributed by atoms with Gasteiger partial charge in [0.25, 0.3) is 5.91 Å². The Kier molecular flexibility index (Phi) is 5.49. The van der Waals surface area contributed by atoms with E-state index in [-0.39, 0.29) is 23.5 Å². The Morgan fingerprint density at radius 2 is 1.92 bits per heavy atom. The van der Waals surface area contributed by atoms with Gasteiger partial charge in [-0.25, -0.2) is 4.98 Å². The van der Waals surface area contributed by atoms with Crippen molar-refractivity contribution in [3.8, 4) is 5.88 Å². The van der Waals surface area contributed by atoms with Crippen LogP contribution in [0.3, 0.4) is 0 Å². The number of hydrogen-bond acceptors (Lipinski definition) is 4. The highest BCUT2D eigenvalue weighted by atomic mass is 35.5. The summed E-state index contributed by atoms with van der Waals surface area (Å²) < 4.78 is 5.01. The minimum absolute atomic E-state index is 0.0456. The Hall–Kier alpha value is -2.11. The van der Waals surface area contributed by atoms with Crippen molar-refractivity contribution < 1.29 is 14.3 Å². The molecule has 2 atom stereocenters. The first kappa shape index (κ1) is 18.7. The van der Waals surface area contributed by atoms with Crippen LogP contribution >= 0.6 is 23.2 Å². The minimum atomic E-state index is -0.276. The summed E-state index contributed by atoms with van der Waals surface area (Å²) in [6.07, 6.45) is 1.48. The number of carbonyl (C=O) groups is 2. The van der Waals surface area contributed by atoms with Crippen molar-refractivity contribution in [3.63, 3.8) is 0 Å². The lowest BCUT2D eigenvalue weighted by Crippen LogP contribution is -2.29. The molecular weight excluding hydrogens is 375 g/mol. The van der Waals surface area contributed by atoms with Gasteiger partial charge in [-0.05, 0) is 30.7 Å². The van der Waals surface area contributed by atoms with Gasteiger partial charge >= 0.3 is 0 Å². The predicted octanol–water partition coefficient (Wildman–Crippen LogP) is 3.84. The summed E-state index contributed by atoms with van der Waals surface area (Å²) in [5.74, 6) is -0.0590. The maximum atomic E-state index is 12.8. The van der Waals surface area contributed by atoms with Crippen LogP contribution in [-0.4, -0.2) is 41.8 Å². The molecule has 0 radical (unpaired) electrons. The third-order valence-electron chi connectivity index (χ3n) is 4.69. The van der Waals surface area contributed by atoms with Gasteiger partial charge in [0, 0.05) is 37.2 Å². The lowest BCUT2D eigenvalue weighted by Gasteiger charge is -2.17. The summed E-state index contributed by atoms with van der Waals surface area (Å²) in [4.78, 5) is 30.7. The number of nitrogens with zero attached hydrogens (tertiary/aromatic N) is 2. The molecule has 1 saturated heterocycles. The van der Waals surface area contributed by atoms with Gasteiger partial charge in [0.2, 0.25) is 5.88 Å². The summed E-state index contributed by atoms with van der Waals surface area (Å²) in [6, 6.07) is 8.66. The van der Waals surface area contributed by atoms with Crippen molar-refractivity contribution in [2.45, 2.75) is 12.8 Å². The van der Waals surface area contributed by atoms with E-state index in [4.69, 9.17) is 27.9 Å². The van der Waals surface area contributed by atoms with Gasteiger partial charge in [0.05, 0.1) is 22.7 Å². The van der Waals surface area contributed by atoms with Gasteiger partial charge in [-0.2, -0.15) is 0 Å². The summed E-state index contributed by atoms with van der Waals surface area (Å²) in [5.41, 5.74) is 1.37. The van der Waals surface area contributed by atoms with E-state index in [0.29, 0.717) is 34.6 Å². The summed E-state index contributed by atoms with van der Waals surface area (Å²) >= 11 is 12.1. The van der Waals surface area contributed by atoms with Gasteiger partial charge in [-0.1, -0.05) is 29.3 Å². The number of pyridine rings is 1. The fourth-order valence-corrected chi connectivity index (χ4v) is 3.58. The monoisotopic (exact) mass is 392 g/mol. The van der Waals surface area contributed by atoms with Crippen LogP contribution in [0.25, 0.3) is 0 Å². The van der Waals surface area contributed by atoms with Crippen LogP contribution in [0.2, 0.25) is 10.0 Å². The third kappa shape index (κ3) is 3.69. The first-order valence-electron chi connectivity index (χ1n) is 8.15. The molecule has 2 aromatic rings. The van der Waals surface area contributed by atoms with Crippen molar-refractivity contribution in [1.29, 1.82) is 0 Å². The zero-order valence-corrected chi connectivity index (χ0v) is 15.9. The number of halogens is 2. The fourth-order valence-electron chi connectivity index (χ4n) is 3.27. The zero-order chi connectivity index (χ0) is 18.8. The zero-order valence-electron chi connectivity index (χ0n) is 14.4. The molecule has 1 aromatic carbocycles. The van der Waals surface area contributed by atoms with E-state index >= 15 is 0 Å². The topological polar surface area (TPSA) is 59.5 Å². The molecule has 1 fully saturated rings. The molecule has 2 heterocycles. The predicted molar refractivity (Wildman–Crippen MR) is 100 cm³/mol. The smallest absolute Gasteiger partial charge is 0.255 e. The molecule has 0 bridgehead atoms. The van der Waals surface area contributed by atoms with Gasteiger partial charge < -0.3 is 9.64 Å². The molecule has 0 aliphatic carbocycles. The average Bonchev–Trinajstić information content (AvgIpc) is 3.09. The highest BCUT2D eigenvalue weighted by molar-refractivity contribution is 6.42. The van der Waals surface area contributed by atoms with E-state index in [2.05, 4.69) is 4.98 Å². The number of carbonyl (C=O) groups excluding carboxylic acids is 2. The Bertz CT molecular complexity index is 839. The summed E-state index contributed by atoms with van der Waals surface area (Å²) in [5, 5.41) is 0.903. The average molecular weight is 393 g/mol. The number of ketones is 1. The van der Waals surface area contributed by atoms with Crippen LogP contribution in [0.15, 0.2) is 36.5 Å². The Morgan fingerprint density at radius 1 is 1.15 bits per heavy atom. The number of rotatable bonds is 4. The van der Waals surface area contributed by atoms with E-state index in [0.717, 1.165) is 5.56 Å². The van der Waals surface area contributed by atoms with Gasteiger partial charge in [0.1, 0.15) is 5.78 Å². The number of benzene rings is 1. The largest absolute Gasteiger partial charge is 0.481 e. The van der Waals surface area contributed by atoms with Crippen LogP contribution in [-0.2, 0) is 4.79 Å². The lowest BCUT2D eigenvalue weighted by molar-refractivity contribution is -0.120. The standard InChI is InChI=1S/C19H18Cl2N2O3/c1-11(24)14-9-23(19(25)13-4-6-18(26-2)22-8-13)10-15(14)12-3-5-16(20)17(21)7-12/h3-8,14-15H,9-10H2,1-2H3. The second-order valence-electron chi connectivity index (χ2n) is 6.30. The molecule has 136 valence electrons. The fraction of sp³-hybridized carbons (Fsp3) is 0.316. The Balaban J connectivity index is 1.85. The first-order valence-corrected chi connectivity index (χ1v) is 8.91. The van der Waals surface area contributed by atoms with E-state index in [1.54, 1.807) is 36.1 Å². The molecule has 26 heavy (non-hydrogen) atoms. The molecule has 0 spiro atoms. The van der Waals surface area contributed by atoms with Crippen molar-refractivity contribution in [1.82, 2.24) is 9.88 Å². The van der Waals surface area contributed by atoms with Crippen molar-refractivity contribution in [2.24, 2.45) is 5.92 Å². The molecule has 5 nitrogen and oxygen atoms in total. The highest BCUT2D eigenvalue weighted by Crippen LogP contribution is 2.36. The molecular formula is C19H18Cl2N2O3. The van der Waals surface area contributed by atoms with E-state index in [1.807, 2.05) is 6.07 Å². The molecule has 1 aliphatic rings.